The highest BCUT2D eigenvalue weighted by Gasteiger charge is 2.32. The van der Waals surface area contributed by atoms with Crippen LogP contribution in [0.4, 0.5) is 15.6 Å². The van der Waals surface area contributed by atoms with Crippen molar-refractivity contribution < 1.29 is 14.6 Å². The molecule has 0 spiro atoms. The number of carbonyl (C=O) groups is 1. The molecule has 1 aliphatic rings. The van der Waals surface area contributed by atoms with Crippen molar-refractivity contribution in [1.29, 1.82) is 0 Å². The molecule has 5 aromatic rings. The lowest BCUT2D eigenvalue weighted by atomic mass is 9.91. The molecule has 8 nitrogen and oxygen atoms in total. The van der Waals surface area contributed by atoms with Crippen LogP contribution in [0.5, 0.6) is 0 Å². The van der Waals surface area contributed by atoms with Crippen molar-refractivity contribution in [2.45, 2.75) is 45.8 Å². The van der Waals surface area contributed by atoms with Crippen molar-refractivity contribution in [2.75, 3.05) is 29.5 Å². The van der Waals surface area contributed by atoms with Crippen LogP contribution < -0.4 is 9.80 Å². The molecule has 0 radical (unpaired) electrons. The maximum absolute atomic E-state index is 13.9. The number of thiazole rings is 1. The van der Waals surface area contributed by atoms with Gasteiger partial charge in [-0.05, 0) is 87.2 Å². The molecule has 2 aromatic heterocycles. The van der Waals surface area contributed by atoms with Gasteiger partial charge in [0.05, 0.1) is 34.1 Å². The van der Waals surface area contributed by atoms with E-state index in [0.717, 1.165) is 55.5 Å². The molecule has 0 saturated carbocycles. The number of fused-ring (bicyclic) bond motifs is 2. The zero-order valence-corrected chi connectivity index (χ0v) is 26.0. The fourth-order valence-corrected chi connectivity index (χ4v) is 6.98. The summed E-state index contributed by atoms with van der Waals surface area (Å²) < 4.78 is 9.12. The van der Waals surface area contributed by atoms with E-state index in [9.17, 15) is 9.90 Å². The second-order valence-corrected chi connectivity index (χ2v) is 13.1. The molecule has 3 heterocycles. The smallest absolute Gasteiger partial charge is 0.330 e. The van der Waals surface area contributed by atoms with Crippen LogP contribution in [0, 0.1) is 6.92 Å². The zero-order chi connectivity index (χ0) is 29.8. The molecule has 0 aliphatic carbocycles. The van der Waals surface area contributed by atoms with E-state index >= 15 is 0 Å². The minimum Gasteiger partial charge on any atom is -0.393 e. The minimum atomic E-state index is -0.542. The van der Waals surface area contributed by atoms with Gasteiger partial charge in [0, 0.05) is 41.8 Å². The summed E-state index contributed by atoms with van der Waals surface area (Å²) in [6.07, 6.45) is 2.09. The molecule has 2 amide bonds. The first-order valence-corrected chi connectivity index (χ1v) is 15.2. The van der Waals surface area contributed by atoms with Crippen LogP contribution in [0.3, 0.4) is 0 Å². The maximum atomic E-state index is 13.9. The second-order valence-electron chi connectivity index (χ2n) is 11.7. The van der Waals surface area contributed by atoms with E-state index in [4.69, 9.17) is 21.3 Å². The number of aryl methyl sites for hydroxylation is 2. The number of rotatable bonds is 6. The highest BCUT2D eigenvalue weighted by molar-refractivity contribution is 7.23. The Balaban J connectivity index is 1.45. The van der Waals surface area contributed by atoms with E-state index in [1.807, 2.05) is 99.1 Å². The highest BCUT2D eigenvalue weighted by Crippen LogP contribution is 2.44. The van der Waals surface area contributed by atoms with Crippen molar-refractivity contribution in [3.63, 3.8) is 0 Å². The number of hydrogen-bond acceptors (Lipinski definition) is 6. The van der Waals surface area contributed by atoms with Gasteiger partial charge in [-0.2, -0.15) is 5.10 Å². The number of hydrogen-bond donors (Lipinski definition) is 1. The SMILES string of the molecule is Cc1cc2nc(N3CCCN(c4ccc5c(cnn5C)c4)C3=O)sc2c(-c2ccc(Cl)cc2)c1C(CO)OC(C)(C)C. The Morgan fingerprint density at radius 3 is 2.55 bits per heavy atom. The Morgan fingerprint density at radius 2 is 1.83 bits per heavy atom. The third-order valence-electron chi connectivity index (χ3n) is 7.53. The summed E-state index contributed by atoms with van der Waals surface area (Å²) in [5, 5.41) is 17.1. The number of halogens is 1. The number of urea groups is 1. The summed E-state index contributed by atoms with van der Waals surface area (Å²) in [5.74, 6) is 0. The van der Waals surface area contributed by atoms with Crippen LogP contribution in [0.25, 0.3) is 32.2 Å². The summed E-state index contributed by atoms with van der Waals surface area (Å²) in [6, 6.07) is 15.6. The Kier molecular flexibility index (Phi) is 7.47. The summed E-state index contributed by atoms with van der Waals surface area (Å²) in [5.41, 5.74) is 5.96. The molecule has 218 valence electrons. The standard InChI is InChI=1S/C32H34ClN5O3S/c1-19-15-24-29(28(20-7-9-22(33)10-8-20)27(19)26(18-39)41-32(2,3)4)42-30(35-24)38-14-6-13-37(31(38)40)23-11-12-25-21(16-23)17-34-36(25)5/h7-12,15-17,26,39H,6,13-14,18H2,1-5H3. The molecule has 3 aromatic carbocycles. The van der Waals surface area contributed by atoms with Gasteiger partial charge in [0.1, 0.15) is 6.10 Å². The number of ether oxygens (including phenoxy) is 1. The van der Waals surface area contributed by atoms with Gasteiger partial charge in [-0.15, -0.1) is 0 Å². The van der Waals surface area contributed by atoms with Crippen LogP contribution in [0.1, 0.15) is 44.4 Å². The fourth-order valence-electron chi connectivity index (χ4n) is 5.71. The molecule has 1 fully saturated rings. The first kappa shape index (κ1) is 28.6. The summed E-state index contributed by atoms with van der Waals surface area (Å²) in [7, 11) is 1.91. The third-order valence-corrected chi connectivity index (χ3v) is 8.89. The van der Waals surface area contributed by atoms with E-state index in [1.165, 1.54) is 11.3 Å². The predicted molar refractivity (Wildman–Crippen MR) is 171 cm³/mol. The average molecular weight is 604 g/mol. The molecule has 42 heavy (non-hydrogen) atoms. The second kappa shape index (κ2) is 11.0. The molecule has 6 rings (SSSR count). The van der Waals surface area contributed by atoms with Gasteiger partial charge in [0.15, 0.2) is 5.13 Å². The predicted octanol–water partition coefficient (Wildman–Crippen LogP) is 7.50. The molecule has 1 N–H and O–H groups in total. The van der Waals surface area contributed by atoms with Gasteiger partial charge in [0.25, 0.3) is 0 Å². The number of aliphatic hydroxyl groups is 1. The highest BCUT2D eigenvalue weighted by atomic mass is 35.5. The number of benzene rings is 3. The number of aliphatic hydroxyl groups excluding tert-OH is 1. The first-order valence-electron chi connectivity index (χ1n) is 14.0. The third kappa shape index (κ3) is 5.26. The van der Waals surface area contributed by atoms with Gasteiger partial charge < -0.3 is 9.84 Å². The van der Waals surface area contributed by atoms with Gasteiger partial charge in [-0.25, -0.2) is 9.78 Å². The zero-order valence-electron chi connectivity index (χ0n) is 24.4. The number of carbonyl (C=O) groups excluding carboxylic acids is 1. The van der Waals surface area contributed by atoms with Gasteiger partial charge >= 0.3 is 6.03 Å². The van der Waals surface area contributed by atoms with Crippen LogP contribution in [-0.4, -0.2) is 51.2 Å². The molecule has 1 atom stereocenters. The van der Waals surface area contributed by atoms with Crippen LogP contribution in [0.2, 0.25) is 5.02 Å². The summed E-state index contributed by atoms with van der Waals surface area (Å²) >= 11 is 7.75. The lowest BCUT2D eigenvalue weighted by molar-refractivity contribution is -0.0821. The molecule has 10 heteroatoms. The van der Waals surface area contributed by atoms with E-state index < -0.39 is 11.7 Å². The number of nitrogens with zero attached hydrogens (tertiary/aromatic N) is 5. The Hall–Kier alpha value is -3.50. The molecular weight excluding hydrogens is 570 g/mol. The Morgan fingerprint density at radius 1 is 1.10 bits per heavy atom. The van der Waals surface area contributed by atoms with Crippen LogP contribution in [-0.2, 0) is 11.8 Å². The molecule has 0 bridgehead atoms. The molecule has 1 aliphatic heterocycles. The lowest BCUT2D eigenvalue weighted by Gasteiger charge is -2.34. The lowest BCUT2D eigenvalue weighted by Crippen LogP contribution is -2.49. The largest absolute Gasteiger partial charge is 0.393 e. The molecule has 1 unspecified atom stereocenters. The van der Waals surface area contributed by atoms with Crippen LogP contribution in [0.15, 0.2) is 54.7 Å². The van der Waals surface area contributed by atoms with E-state index in [1.54, 1.807) is 4.90 Å². The van der Waals surface area contributed by atoms with Gasteiger partial charge in [0.2, 0.25) is 0 Å². The quantitative estimate of drug-likeness (QED) is 0.217. The van der Waals surface area contributed by atoms with Crippen molar-refractivity contribution in [3.8, 4) is 11.1 Å². The first-order chi connectivity index (χ1) is 20.0. The van der Waals surface area contributed by atoms with Crippen molar-refractivity contribution in [2.24, 2.45) is 7.05 Å². The Labute approximate surface area is 254 Å². The van der Waals surface area contributed by atoms with E-state index in [0.29, 0.717) is 23.2 Å². The number of amides is 2. The number of aromatic nitrogens is 3. The molecular formula is C32H34ClN5O3S. The van der Waals surface area contributed by atoms with Crippen molar-refractivity contribution in [3.05, 3.63) is 70.9 Å². The van der Waals surface area contributed by atoms with Gasteiger partial charge in [-0.3, -0.25) is 14.5 Å². The average Bonchev–Trinajstić information content (AvgIpc) is 3.54. The summed E-state index contributed by atoms with van der Waals surface area (Å²) in [6.45, 7) is 9.01. The monoisotopic (exact) mass is 603 g/mol. The topological polar surface area (TPSA) is 83.7 Å². The fraction of sp³-hybridized carbons (Fsp3) is 0.344. The van der Waals surface area contributed by atoms with Crippen molar-refractivity contribution in [1.82, 2.24) is 14.8 Å². The van der Waals surface area contributed by atoms with E-state index in [2.05, 4.69) is 5.10 Å². The maximum Gasteiger partial charge on any atom is 0.330 e. The van der Waals surface area contributed by atoms with E-state index in [-0.39, 0.29) is 12.6 Å². The Bertz CT molecular complexity index is 1790. The van der Waals surface area contributed by atoms with Gasteiger partial charge in [-0.1, -0.05) is 35.1 Å². The normalized spacial score (nSPS) is 15.3. The molecule has 1 saturated heterocycles. The minimum absolute atomic E-state index is 0.0992. The van der Waals surface area contributed by atoms with Crippen molar-refractivity contribution >= 4 is 60.9 Å². The summed E-state index contributed by atoms with van der Waals surface area (Å²) in [4.78, 5) is 22.5. The van der Waals surface area contributed by atoms with Crippen LogP contribution >= 0.6 is 22.9 Å². The number of anilines is 2.